The number of nitrogens with zero attached hydrogens (tertiary/aromatic N) is 1. The Labute approximate surface area is 112 Å². The third-order valence-corrected chi connectivity index (χ3v) is 2.86. The minimum absolute atomic E-state index is 0.00607. The molecular formula is C13H18N4O2. The van der Waals surface area contributed by atoms with Gasteiger partial charge in [-0.15, -0.1) is 0 Å². The average molecular weight is 262 g/mol. The highest BCUT2D eigenvalue weighted by Crippen LogP contribution is 2.18. The molecule has 0 radical (unpaired) electrons. The number of carbonyl (C=O) groups is 2. The summed E-state index contributed by atoms with van der Waals surface area (Å²) < 4.78 is 0. The summed E-state index contributed by atoms with van der Waals surface area (Å²) in [6.07, 6.45) is 4.02. The van der Waals surface area contributed by atoms with Gasteiger partial charge in [-0.2, -0.15) is 0 Å². The molecule has 1 saturated carbocycles. The fraction of sp³-hybridized carbons (Fsp3) is 0.462. The van der Waals surface area contributed by atoms with Gasteiger partial charge in [0.1, 0.15) is 5.82 Å². The van der Waals surface area contributed by atoms with Crippen LogP contribution in [0.3, 0.4) is 0 Å². The summed E-state index contributed by atoms with van der Waals surface area (Å²) in [5.41, 5.74) is 0.530. The first-order valence-corrected chi connectivity index (χ1v) is 6.40. The number of anilines is 1. The van der Waals surface area contributed by atoms with E-state index in [4.69, 9.17) is 0 Å². The number of nitrogens with one attached hydrogen (secondary N) is 3. The van der Waals surface area contributed by atoms with E-state index < -0.39 is 0 Å². The minimum atomic E-state index is -0.196. The van der Waals surface area contributed by atoms with E-state index in [2.05, 4.69) is 20.9 Å². The van der Waals surface area contributed by atoms with Crippen molar-refractivity contribution < 1.29 is 9.59 Å². The molecule has 1 aliphatic rings. The molecule has 6 heteroatoms. The van der Waals surface area contributed by atoms with Gasteiger partial charge in [-0.05, 0) is 25.0 Å². The van der Waals surface area contributed by atoms with Gasteiger partial charge in [-0.1, -0.05) is 0 Å². The molecule has 0 aliphatic heterocycles. The highest BCUT2D eigenvalue weighted by atomic mass is 16.2. The first-order chi connectivity index (χ1) is 9.19. The second-order valence-electron chi connectivity index (χ2n) is 4.53. The van der Waals surface area contributed by atoms with Crippen LogP contribution >= 0.6 is 0 Å². The van der Waals surface area contributed by atoms with E-state index in [1.54, 1.807) is 25.4 Å². The predicted octanol–water partition coefficient (Wildman–Crippen LogP) is 0.522. The molecule has 1 heterocycles. The van der Waals surface area contributed by atoms with Crippen molar-refractivity contribution in [3.05, 3.63) is 23.9 Å². The van der Waals surface area contributed by atoms with Crippen molar-refractivity contribution >= 4 is 17.6 Å². The van der Waals surface area contributed by atoms with Crippen LogP contribution in [0.4, 0.5) is 5.82 Å². The molecule has 0 aromatic carbocycles. The Morgan fingerprint density at radius 3 is 2.89 bits per heavy atom. The summed E-state index contributed by atoms with van der Waals surface area (Å²) in [4.78, 5) is 27.3. The van der Waals surface area contributed by atoms with E-state index in [-0.39, 0.29) is 11.8 Å². The van der Waals surface area contributed by atoms with Crippen molar-refractivity contribution in [2.75, 3.05) is 18.9 Å². The Bertz CT molecular complexity index is 471. The topological polar surface area (TPSA) is 83.1 Å². The van der Waals surface area contributed by atoms with Crippen LogP contribution in [-0.4, -0.2) is 36.4 Å². The lowest BCUT2D eigenvalue weighted by Crippen LogP contribution is -2.31. The van der Waals surface area contributed by atoms with Crippen LogP contribution in [0.5, 0.6) is 0 Å². The molecule has 1 fully saturated rings. The Morgan fingerprint density at radius 1 is 1.42 bits per heavy atom. The van der Waals surface area contributed by atoms with E-state index in [1.165, 1.54) is 0 Å². The van der Waals surface area contributed by atoms with E-state index in [1.807, 2.05) is 0 Å². The van der Waals surface area contributed by atoms with Gasteiger partial charge >= 0.3 is 0 Å². The third kappa shape index (κ3) is 4.24. The van der Waals surface area contributed by atoms with E-state index in [9.17, 15) is 9.59 Å². The second-order valence-corrected chi connectivity index (χ2v) is 4.53. The molecule has 6 nitrogen and oxygen atoms in total. The molecule has 19 heavy (non-hydrogen) atoms. The first-order valence-electron chi connectivity index (χ1n) is 6.40. The molecule has 0 spiro atoms. The van der Waals surface area contributed by atoms with Crippen LogP contribution in [0.2, 0.25) is 0 Å². The van der Waals surface area contributed by atoms with Crippen LogP contribution in [-0.2, 0) is 4.79 Å². The van der Waals surface area contributed by atoms with Crippen LogP contribution in [0.15, 0.2) is 18.3 Å². The molecular weight excluding hydrogens is 244 g/mol. The van der Waals surface area contributed by atoms with Gasteiger partial charge in [0.25, 0.3) is 5.91 Å². The zero-order chi connectivity index (χ0) is 13.7. The monoisotopic (exact) mass is 262 g/mol. The minimum Gasteiger partial charge on any atom is -0.373 e. The van der Waals surface area contributed by atoms with Crippen LogP contribution in [0, 0.1) is 0 Å². The van der Waals surface area contributed by atoms with E-state index in [0.29, 0.717) is 30.4 Å². The molecule has 0 atom stereocenters. The maximum atomic E-state index is 11.8. The zero-order valence-corrected chi connectivity index (χ0v) is 10.9. The zero-order valence-electron chi connectivity index (χ0n) is 10.9. The predicted molar refractivity (Wildman–Crippen MR) is 71.9 cm³/mol. The van der Waals surface area contributed by atoms with Crippen molar-refractivity contribution in [3.8, 4) is 0 Å². The molecule has 1 aliphatic carbocycles. The number of rotatable bonds is 6. The summed E-state index contributed by atoms with van der Waals surface area (Å²) in [5, 5.41) is 8.46. The second kappa shape index (κ2) is 6.17. The third-order valence-electron chi connectivity index (χ3n) is 2.86. The lowest BCUT2D eigenvalue weighted by atomic mass is 10.2. The van der Waals surface area contributed by atoms with Crippen molar-refractivity contribution in [2.24, 2.45) is 0 Å². The van der Waals surface area contributed by atoms with Crippen molar-refractivity contribution in [2.45, 2.75) is 25.3 Å². The molecule has 2 amide bonds. The van der Waals surface area contributed by atoms with E-state index in [0.717, 1.165) is 12.8 Å². The fourth-order valence-electron chi connectivity index (χ4n) is 1.63. The number of hydrogen-bond acceptors (Lipinski definition) is 4. The molecule has 1 aromatic heterocycles. The Balaban J connectivity index is 1.75. The van der Waals surface area contributed by atoms with E-state index >= 15 is 0 Å². The largest absolute Gasteiger partial charge is 0.373 e. The summed E-state index contributed by atoms with van der Waals surface area (Å²) >= 11 is 0. The van der Waals surface area contributed by atoms with Gasteiger partial charge in [-0.25, -0.2) is 4.98 Å². The normalized spacial score (nSPS) is 13.7. The van der Waals surface area contributed by atoms with Gasteiger partial charge in [0.2, 0.25) is 5.91 Å². The molecule has 102 valence electrons. The number of carbonyl (C=O) groups excluding carboxylic acids is 2. The summed E-state index contributed by atoms with van der Waals surface area (Å²) in [7, 11) is 1.74. The van der Waals surface area contributed by atoms with Crippen molar-refractivity contribution in [1.82, 2.24) is 15.6 Å². The molecule has 0 unspecified atom stereocenters. The summed E-state index contributed by atoms with van der Waals surface area (Å²) in [6.45, 7) is 0.342. The highest BCUT2D eigenvalue weighted by molar-refractivity contribution is 5.95. The lowest BCUT2D eigenvalue weighted by molar-refractivity contribution is -0.121. The van der Waals surface area contributed by atoms with Crippen molar-refractivity contribution in [1.29, 1.82) is 0 Å². The van der Waals surface area contributed by atoms with Gasteiger partial charge < -0.3 is 16.0 Å². The fourth-order valence-corrected chi connectivity index (χ4v) is 1.63. The lowest BCUT2D eigenvalue weighted by Gasteiger charge is -2.06. The highest BCUT2D eigenvalue weighted by Gasteiger charge is 2.22. The van der Waals surface area contributed by atoms with Crippen LogP contribution in [0.1, 0.15) is 29.6 Å². The van der Waals surface area contributed by atoms with Gasteiger partial charge in [0, 0.05) is 37.8 Å². The maximum Gasteiger partial charge on any atom is 0.251 e. The maximum absolute atomic E-state index is 11.8. The first kappa shape index (κ1) is 13.3. The van der Waals surface area contributed by atoms with Crippen molar-refractivity contribution in [3.63, 3.8) is 0 Å². The van der Waals surface area contributed by atoms with Crippen LogP contribution in [0.25, 0.3) is 0 Å². The molecule has 0 saturated heterocycles. The summed E-state index contributed by atoms with van der Waals surface area (Å²) in [5.74, 6) is 0.436. The van der Waals surface area contributed by atoms with Crippen LogP contribution < -0.4 is 16.0 Å². The number of hydrogen-bond donors (Lipinski definition) is 3. The standard InChI is InChI=1S/C13H18N4O2/c1-14-11-8-9(4-6-15-11)13(19)16-7-5-12(18)17-10-2-3-10/h4,6,8,10H,2-3,5,7H2,1H3,(H,14,15)(H,16,19)(H,17,18). The van der Waals surface area contributed by atoms with Gasteiger partial charge in [0.15, 0.2) is 0 Å². The summed E-state index contributed by atoms with van der Waals surface area (Å²) in [6, 6.07) is 3.67. The molecule has 3 N–H and O–H groups in total. The number of aromatic nitrogens is 1. The van der Waals surface area contributed by atoms with Gasteiger partial charge in [0.05, 0.1) is 0 Å². The quantitative estimate of drug-likeness (QED) is 0.698. The molecule has 2 rings (SSSR count). The number of amides is 2. The smallest absolute Gasteiger partial charge is 0.251 e. The average Bonchev–Trinajstić information content (AvgIpc) is 3.22. The SMILES string of the molecule is CNc1cc(C(=O)NCCC(=O)NC2CC2)ccn1. The Morgan fingerprint density at radius 2 is 2.21 bits per heavy atom. The molecule has 1 aromatic rings. The molecule has 0 bridgehead atoms. The number of pyridine rings is 1. The Kier molecular flexibility index (Phi) is 4.33. The van der Waals surface area contributed by atoms with Gasteiger partial charge in [-0.3, -0.25) is 9.59 Å². The Hall–Kier alpha value is -2.11.